The van der Waals surface area contributed by atoms with Crippen LogP contribution in [0.25, 0.3) is 43.8 Å². The van der Waals surface area contributed by atoms with E-state index >= 15 is 0 Å². The van der Waals surface area contributed by atoms with Gasteiger partial charge in [-0.05, 0) is 24.0 Å². The Morgan fingerprint density at radius 2 is 0.833 bits per heavy atom. The molecule has 6 aromatic carbocycles. The molecule has 6 rings (SSSR count). The Morgan fingerprint density at radius 3 is 1.09 bits per heavy atom. The van der Waals surface area contributed by atoms with E-state index in [2.05, 4.69) is 13.1 Å². The molecule has 0 nitrogen and oxygen atoms in total. The zero-order valence-electron chi connectivity index (χ0n) is 29.4. The third-order valence-corrected chi connectivity index (χ3v) is 8.27. The summed E-state index contributed by atoms with van der Waals surface area (Å²) in [6.45, 7) is 8.48. The van der Waals surface area contributed by atoms with E-state index in [0.717, 1.165) is 90.4 Å². The number of benzene rings is 4. The molecular weight excluding hydrogens is 861 g/mol. The van der Waals surface area contributed by atoms with E-state index in [-0.39, 0.29) is 0 Å². The first-order valence-electron chi connectivity index (χ1n) is 16.5. The maximum absolute atomic E-state index is 13.4. The van der Waals surface area contributed by atoms with Crippen LogP contribution in [0.5, 0.6) is 0 Å². The van der Waals surface area contributed by atoms with Crippen molar-refractivity contribution in [1.82, 2.24) is 0 Å². The van der Waals surface area contributed by atoms with E-state index in [9.17, 15) is 43.9 Å². The van der Waals surface area contributed by atoms with E-state index < -0.39 is 56.2 Å². The van der Waals surface area contributed by atoms with Gasteiger partial charge in [0.15, 0.2) is 0 Å². The van der Waals surface area contributed by atoms with Crippen LogP contribution in [0, 0.1) is 0 Å². The Morgan fingerprint density at radius 1 is 0.537 bits per heavy atom. The number of alkyl halides is 10. The SMILES string of the molecule is CCc1cc2c(-c3ccc(C(F)(F)C(F)(F)F)cc3)cccc2[cH-]1.CCc1cc2c(-c3ccc(C(F)(F)C(F)(F)F)cc3)cccc2[cH-]1.C[SiH]C.[Cl][Zr+2][Cl]. The van der Waals surface area contributed by atoms with Crippen molar-refractivity contribution in [3.8, 4) is 22.3 Å². The van der Waals surface area contributed by atoms with Gasteiger partial charge in [0.2, 0.25) is 0 Å². The number of fused-ring (bicyclic) bond motifs is 2. The summed E-state index contributed by atoms with van der Waals surface area (Å²) in [6, 6.07) is 28.0. The molecule has 0 atom stereocenters. The van der Waals surface area contributed by atoms with Crippen molar-refractivity contribution < 1.29 is 64.8 Å². The van der Waals surface area contributed by atoms with Gasteiger partial charge in [0.1, 0.15) is 0 Å². The molecule has 0 heterocycles. The summed E-state index contributed by atoms with van der Waals surface area (Å²) in [5.74, 6) is -9.71. The molecule has 0 aromatic heterocycles. The fraction of sp³-hybridized carbons (Fsp3) is 0.250. The van der Waals surface area contributed by atoms with Crippen molar-refractivity contribution in [3.05, 3.63) is 131 Å². The fourth-order valence-corrected chi connectivity index (χ4v) is 5.55. The monoisotopic (exact) mass is 893 g/mol. The Hall–Kier alpha value is -2.92. The first-order chi connectivity index (χ1) is 25.3. The Bertz CT molecular complexity index is 1910. The molecule has 0 saturated carbocycles. The molecule has 0 aliphatic carbocycles. The number of hydrogen-bond donors (Lipinski definition) is 0. The van der Waals surface area contributed by atoms with Gasteiger partial charge in [0, 0.05) is 20.6 Å². The molecule has 1 radical (unpaired) electrons. The van der Waals surface area contributed by atoms with E-state index in [4.69, 9.17) is 17.0 Å². The summed E-state index contributed by atoms with van der Waals surface area (Å²) in [5.41, 5.74) is 3.04. The summed E-state index contributed by atoms with van der Waals surface area (Å²) in [5, 5.41) is 3.97. The van der Waals surface area contributed by atoms with E-state index in [1.54, 1.807) is 0 Å². The predicted octanol–water partition coefficient (Wildman–Crippen LogP) is 14.8. The van der Waals surface area contributed by atoms with Crippen LogP contribution in [-0.2, 0) is 45.5 Å². The van der Waals surface area contributed by atoms with Crippen molar-refractivity contribution in [2.75, 3.05) is 0 Å². The average molecular weight is 896 g/mol. The number of aryl methyl sites for hydroxylation is 2. The second-order valence-electron chi connectivity index (χ2n) is 12.0. The minimum absolute atomic E-state index is 0.607. The van der Waals surface area contributed by atoms with Crippen LogP contribution in [-0.4, -0.2) is 21.9 Å². The van der Waals surface area contributed by atoms with Crippen LogP contribution in [0.3, 0.4) is 0 Å². The summed E-state index contributed by atoms with van der Waals surface area (Å²) in [7, 11) is 10.6. The zero-order chi connectivity index (χ0) is 40.5. The van der Waals surface area contributed by atoms with Gasteiger partial charge in [0.05, 0.1) is 0 Å². The summed E-state index contributed by atoms with van der Waals surface area (Å²) in [6.07, 6.45) is -9.47. The second kappa shape index (κ2) is 19.3. The maximum atomic E-state index is 13.4. The molecule has 0 unspecified atom stereocenters. The second-order valence-corrected chi connectivity index (χ2v) is 16.9. The molecule has 0 saturated heterocycles. The van der Waals surface area contributed by atoms with Crippen LogP contribution >= 0.6 is 17.0 Å². The first-order valence-corrected chi connectivity index (χ1v) is 25.1. The van der Waals surface area contributed by atoms with E-state index in [0.29, 0.717) is 11.1 Å². The van der Waals surface area contributed by atoms with Crippen LogP contribution in [0.1, 0.15) is 36.1 Å². The van der Waals surface area contributed by atoms with Crippen LogP contribution < -0.4 is 0 Å². The molecule has 0 aliphatic rings. The summed E-state index contributed by atoms with van der Waals surface area (Å²) >= 11 is -0.826. The molecule has 0 fully saturated rings. The molecule has 287 valence electrons. The molecule has 6 aromatic rings. The summed E-state index contributed by atoms with van der Waals surface area (Å²) in [4.78, 5) is 0. The molecule has 0 amide bonds. The normalized spacial score (nSPS) is 11.9. The Kier molecular flexibility index (Phi) is 16.2. The third-order valence-electron chi connectivity index (χ3n) is 8.27. The zero-order valence-corrected chi connectivity index (χ0v) is 34.5. The standard InChI is InChI=1S/2C19H14F5.C2H7Si.2ClH.Zr/c2*1-2-12-10-14-4-3-5-16(17(14)11-12)13-6-8-15(9-7-13)18(20,21)19(22,23)24;1-3-2;;;/h2*3-11H,2H2,1H3;3H,1-2H3;2*1H;/q2*-1;;;;+4/p-2. The van der Waals surface area contributed by atoms with Gasteiger partial charge in [-0.1, -0.05) is 98.7 Å². The minimum atomic E-state index is -5.60. The topological polar surface area (TPSA) is 0 Å². The number of halogens is 12. The Labute approximate surface area is 328 Å². The molecule has 54 heavy (non-hydrogen) atoms. The number of hydrogen-bond acceptors (Lipinski definition) is 0. The van der Waals surface area contributed by atoms with Gasteiger partial charge in [-0.25, -0.2) is 0 Å². The van der Waals surface area contributed by atoms with E-state index in [1.807, 2.05) is 74.5 Å². The van der Waals surface area contributed by atoms with Gasteiger partial charge in [-0.2, -0.15) is 56.0 Å². The molecule has 0 bridgehead atoms. The quantitative estimate of drug-likeness (QED) is 0.0888. The summed E-state index contributed by atoms with van der Waals surface area (Å²) < 4.78 is 128. The number of rotatable bonds is 6. The van der Waals surface area contributed by atoms with E-state index in [1.165, 1.54) is 24.3 Å². The van der Waals surface area contributed by atoms with Gasteiger partial charge in [0.25, 0.3) is 0 Å². The predicted molar refractivity (Wildman–Crippen MR) is 199 cm³/mol. The van der Waals surface area contributed by atoms with Crippen molar-refractivity contribution >= 4 is 48.1 Å². The first kappa shape index (κ1) is 45.5. The van der Waals surface area contributed by atoms with Crippen molar-refractivity contribution in [2.24, 2.45) is 0 Å². The Balaban J connectivity index is 0.000000254. The van der Waals surface area contributed by atoms with Crippen molar-refractivity contribution in [2.45, 2.75) is 64.0 Å². The third kappa shape index (κ3) is 10.7. The average Bonchev–Trinajstić information content (AvgIpc) is 3.76. The van der Waals surface area contributed by atoms with Crippen molar-refractivity contribution in [1.29, 1.82) is 0 Å². The van der Waals surface area contributed by atoms with Crippen molar-refractivity contribution in [3.63, 3.8) is 0 Å². The van der Waals surface area contributed by atoms with Crippen LogP contribution in [0.4, 0.5) is 43.9 Å². The van der Waals surface area contributed by atoms with Crippen LogP contribution in [0.15, 0.2) is 109 Å². The molecule has 0 spiro atoms. The van der Waals surface area contributed by atoms with Gasteiger partial charge >= 0.3 is 62.1 Å². The van der Waals surface area contributed by atoms with Crippen LogP contribution in [0.2, 0.25) is 13.1 Å². The van der Waals surface area contributed by atoms with Gasteiger partial charge in [-0.15, -0.1) is 69.1 Å². The molecule has 0 N–H and O–H groups in total. The molecule has 14 heteroatoms. The fourth-order valence-electron chi connectivity index (χ4n) is 5.55. The molecular formula is C40H35Cl2F10SiZr. The van der Waals surface area contributed by atoms with Gasteiger partial charge in [-0.3, -0.25) is 0 Å². The van der Waals surface area contributed by atoms with Gasteiger partial charge < -0.3 is 0 Å². The molecule has 0 aliphatic heterocycles.